The third kappa shape index (κ3) is 4.32. The number of ether oxygens (including phenoxy) is 2. The molecular weight excluding hydrogens is 380 g/mol. The Morgan fingerprint density at radius 2 is 2.20 bits per heavy atom. The molecule has 30 heavy (non-hydrogen) atoms. The number of pyridine rings is 1. The van der Waals surface area contributed by atoms with E-state index in [4.69, 9.17) is 9.47 Å². The highest BCUT2D eigenvalue weighted by Gasteiger charge is 2.22. The Kier molecular flexibility index (Phi) is 6.02. The van der Waals surface area contributed by atoms with Crippen molar-refractivity contribution in [2.75, 3.05) is 20.2 Å². The van der Waals surface area contributed by atoms with Gasteiger partial charge in [-0.2, -0.15) is 0 Å². The van der Waals surface area contributed by atoms with Crippen LogP contribution in [0.2, 0.25) is 0 Å². The lowest BCUT2D eigenvalue weighted by atomic mass is 10.1. The lowest BCUT2D eigenvalue weighted by molar-refractivity contribution is 0.254. The van der Waals surface area contributed by atoms with Gasteiger partial charge in [-0.15, -0.1) is 10.2 Å². The normalized spacial score (nSPS) is 15.7. The highest BCUT2D eigenvalue weighted by Crippen LogP contribution is 2.35. The van der Waals surface area contributed by atoms with E-state index < -0.39 is 0 Å². The van der Waals surface area contributed by atoms with Gasteiger partial charge >= 0.3 is 0 Å². The SMILES string of the molecule is CCOc1cc2c(cc1CNC(=NC)NCCc1nnc3ccccn13)OC(C)C2. The van der Waals surface area contributed by atoms with Gasteiger partial charge in [-0.25, -0.2) is 0 Å². The van der Waals surface area contributed by atoms with Gasteiger partial charge < -0.3 is 20.1 Å². The maximum absolute atomic E-state index is 5.91. The van der Waals surface area contributed by atoms with Crippen molar-refractivity contribution in [1.82, 2.24) is 25.2 Å². The number of nitrogens with one attached hydrogen (secondary N) is 2. The molecule has 3 aromatic rings. The minimum absolute atomic E-state index is 0.209. The minimum atomic E-state index is 0.209. The van der Waals surface area contributed by atoms with Crippen LogP contribution in [0.25, 0.3) is 5.65 Å². The molecule has 0 radical (unpaired) electrons. The van der Waals surface area contributed by atoms with E-state index in [1.54, 1.807) is 7.05 Å². The molecular formula is C22H28N6O2. The van der Waals surface area contributed by atoms with Gasteiger partial charge in [-0.3, -0.25) is 9.39 Å². The number of nitrogens with zero attached hydrogens (tertiary/aromatic N) is 4. The van der Waals surface area contributed by atoms with Crippen LogP contribution in [0.4, 0.5) is 0 Å². The van der Waals surface area contributed by atoms with E-state index in [0.717, 1.165) is 47.3 Å². The summed E-state index contributed by atoms with van der Waals surface area (Å²) in [6.45, 7) is 5.99. The second-order valence-electron chi connectivity index (χ2n) is 7.28. The summed E-state index contributed by atoms with van der Waals surface area (Å²) in [6.07, 6.45) is 3.84. The average Bonchev–Trinajstić information content (AvgIpc) is 3.32. The fourth-order valence-corrected chi connectivity index (χ4v) is 3.66. The number of aliphatic imine (C=N–C) groups is 1. The molecule has 8 nitrogen and oxygen atoms in total. The first-order valence-corrected chi connectivity index (χ1v) is 10.4. The highest BCUT2D eigenvalue weighted by atomic mass is 16.5. The van der Waals surface area contributed by atoms with Gasteiger partial charge in [0.05, 0.1) is 6.61 Å². The Morgan fingerprint density at radius 3 is 3.03 bits per heavy atom. The van der Waals surface area contributed by atoms with E-state index in [1.807, 2.05) is 35.7 Å². The third-order valence-electron chi connectivity index (χ3n) is 5.07. The summed E-state index contributed by atoms with van der Waals surface area (Å²) >= 11 is 0. The van der Waals surface area contributed by atoms with Crippen LogP contribution in [-0.2, 0) is 19.4 Å². The number of hydrogen-bond donors (Lipinski definition) is 2. The van der Waals surface area contributed by atoms with Gasteiger partial charge in [-0.1, -0.05) is 6.07 Å². The quantitative estimate of drug-likeness (QED) is 0.461. The number of fused-ring (bicyclic) bond motifs is 2. The van der Waals surface area contributed by atoms with E-state index in [0.29, 0.717) is 19.7 Å². The fraction of sp³-hybridized carbons (Fsp3) is 0.409. The fourth-order valence-electron chi connectivity index (χ4n) is 3.66. The molecule has 0 aliphatic carbocycles. The summed E-state index contributed by atoms with van der Waals surface area (Å²) in [5, 5.41) is 15.2. The van der Waals surface area contributed by atoms with E-state index in [2.05, 4.69) is 44.9 Å². The standard InChI is InChI=1S/C22H28N6O2/c1-4-29-18-12-16-11-15(2)30-19(16)13-17(18)14-25-22(23-3)24-9-8-21-27-26-20-7-5-6-10-28(20)21/h5-7,10,12-13,15H,4,8-9,11,14H2,1-3H3,(H2,23,24,25). The van der Waals surface area contributed by atoms with Gasteiger partial charge in [0, 0.05) is 50.3 Å². The van der Waals surface area contributed by atoms with Crippen molar-refractivity contribution in [1.29, 1.82) is 0 Å². The van der Waals surface area contributed by atoms with E-state index >= 15 is 0 Å². The van der Waals surface area contributed by atoms with Crippen molar-refractivity contribution in [3.05, 3.63) is 53.5 Å². The molecule has 2 N–H and O–H groups in total. The molecule has 158 valence electrons. The second-order valence-corrected chi connectivity index (χ2v) is 7.28. The number of guanidine groups is 1. The zero-order valence-corrected chi connectivity index (χ0v) is 17.7. The minimum Gasteiger partial charge on any atom is -0.494 e. The summed E-state index contributed by atoms with van der Waals surface area (Å²) in [5.74, 6) is 3.48. The van der Waals surface area contributed by atoms with Crippen molar-refractivity contribution >= 4 is 11.6 Å². The number of hydrogen-bond acceptors (Lipinski definition) is 5. The molecule has 1 atom stereocenters. The maximum Gasteiger partial charge on any atom is 0.191 e. The molecule has 0 saturated carbocycles. The van der Waals surface area contributed by atoms with Crippen LogP contribution in [-0.4, -0.2) is 46.9 Å². The Bertz CT molecular complexity index is 1050. The smallest absolute Gasteiger partial charge is 0.191 e. The molecule has 1 aliphatic rings. The molecule has 0 spiro atoms. The Labute approximate surface area is 176 Å². The van der Waals surface area contributed by atoms with Gasteiger partial charge in [0.2, 0.25) is 0 Å². The monoisotopic (exact) mass is 408 g/mol. The molecule has 0 saturated heterocycles. The Morgan fingerprint density at radius 1 is 1.30 bits per heavy atom. The predicted molar refractivity (Wildman–Crippen MR) is 116 cm³/mol. The molecule has 0 bridgehead atoms. The van der Waals surface area contributed by atoms with Crippen LogP contribution >= 0.6 is 0 Å². The number of aromatic nitrogens is 3. The van der Waals surface area contributed by atoms with E-state index in [1.165, 1.54) is 5.56 Å². The van der Waals surface area contributed by atoms with Crippen molar-refractivity contribution in [2.24, 2.45) is 4.99 Å². The molecule has 8 heteroatoms. The van der Waals surface area contributed by atoms with Crippen LogP contribution in [0.15, 0.2) is 41.5 Å². The zero-order valence-electron chi connectivity index (χ0n) is 17.7. The molecule has 0 fully saturated rings. The zero-order chi connectivity index (χ0) is 20.9. The Hall–Kier alpha value is -3.29. The number of benzene rings is 1. The largest absolute Gasteiger partial charge is 0.494 e. The first-order chi connectivity index (χ1) is 14.7. The molecule has 1 aliphatic heterocycles. The van der Waals surface area contributed by atoms with Gasteiger partial charge in [0.15, 0.2) is 11.6 Å². The topological polar surface area (TPSA) is 85.1 Å². The van der Waals surface area contributed by atoms with Crippen LogP contribution < -0.4 is 20.1 Å². The van der Waals surface area contributed by atoms with Crippen molar-refractivity contribution < 1.29 is 9.47 Å². The lowest BCUT2D eigenvalue weighted by Gasteiger charge is -2.15. The first kappa shape index (κ1) is 20.0. The Balaban J connectivity index is 1.36. The van der Waals surface area contributed by atoms with Crippen LogP contribution in [0.3, 0.4) is 0 Å². The third-order valence-corrected chi connectivity index (χ3v) is 5.07. The molecule has 1 unspecified atom stereocenters. The molecule has 0 amide bonds. The van der Waals surface area contributed by atoms with Gasteiger partial charge in [0.1, 0.15) is 23.4 Å². The lowest BCUT2D eigenvalue weighted by Crippen LogP contribution is -2.38. The average molecular weight is 409 g/mol. The summed E-state index contributed by atoms with van der Waals surface area (Å²) in [6, 6.07) is 10.1. The molecule has 3 heterocycles. The summed E-state index contributed by atoms with van der Waals surface area (Å²) in [4.78, 5) is 4.32. The summed E-state index contributed by atoms with van der Waals surface area (Å²) in [5.41, 5.74) is 3.11. The highest BCUT2D eigenvalue weighted by molar-refractivity contribution is 5.79. The van der Waals surface area contributed by atoms with Gasteiger partial charge in [0.25, 0.3) is 0 Å². The van der Waals surface area contributed by atoms with E-state index in [-0.39, 0.29) is 6.10 Å². The molecule has 4 rings (SSSR count). The van der Waals surface area contributed by atoms with Gasteiger partial charge in [-0.05, 0) is 38.1 Å². The second kappa shape index (κ2) is 9.02. The summed E-state index contributed by atoms with van der Waals surface area (Å²) in [7, 11) is 1.76. The first-order valence-electron chi connectivity index (χ1n) is 10.4. The summed E-state index contributed by atoms with van der Waals surface area (Å²) < 4.78 is 13.8. The van der Waals surface area contributed by atoms with E-state index in [9.17, 15) is 0 Å². The molecule has 1 aromatic carbocycles. The maximum atomic E-state index is 5.91. The predicted octanol–water partition coefficient (Wildman–Crippen LogP) is 2.36. The van der Waals surface area contributed by atoms with Crippen LogP contribution in [0, 0.1) is 0 Å². The number of rotatable bonds is 7. The van der Waals surface area contributed by atoms with Crippen molar-refractivity contribution in [2.45, 2.75) is 39.3 Å². The molecule has 2 aromatic heterocycles. The van der Waals surface area contributed by atoms with Crippen molar-refractivity contribution in [3.8, 4) is 11.5 Å². The van der Waals surface area contributed by atoms with Crippen molar-refractivity contribution in [3.63, 3.8) is 0 Å². The van der Waals surface area contributed by atoms with Crippen LogP contribution in [0.1, 0.15) is 30.8 Å². The van der Waals surface area contributed by atoms with Crippen LogP contribution in [0.5, 0.6) is 11.5 Å².